The summed E-state index contributed by atoms with van der Waals surface area (Å²) in [5, 5.41) is 6.53. The quantitative estimate of drug-likeness (QED) is 0.729. The molecule has 2 unspecified atom stereocenters. The molecule has 2 aliphatic heterocycles. The molecule has 1 aromatic carbocycles. The van der Waals surface area contributed by atoms with Gasteiger partial charge in [-0.1, -0.05) is 11.6 Å². The monoisotopic (exact) mass is 355 g/mol. The summed E-state index contributed by atoms with van der Waals surface area (Å²) in [7, 11) is 0. The van der Waals surface area contributed by atoms with Gasteiger partial charge >= 0.3 is 0 Å². The Bertz CT molecular complexity index is 529. The molecule has 4 N–H and O–H groups in total. The van der Waals surface area contributed by atoms with Crippen LogP contribution in [0.25, 0.3) is 0 Å². The van der Waals surface area contributed by atoms with Crippen LogP contribution in [0, 0.1) is 11.7 Å². The second kappa shape index (κ2) is 10.1. The Morgan fingerprint density at radius 1 is 1.21 bits per heavy atom. The molecule has 0 aliphatic carbocycles. The van der Waals surface area contributed by atoms with Crippen LogP contribution in [-0.2, 0) is 0 Å². The SMILES string of the molecule is NC1CCCNC1.O=C(CC1CCCNC1)c1ccc(Cl)c(F)c1. The number of nitrogens with two attached hydrogens (primary N) is 1. The van der Waals surface area contributed by atoms with Crippen LogP contribution < -0.4 is 16.4 Å². The van der Waals surface area contributed by atoms with Gasteiger partial charge in [0.05, 0.1) is 5.02 Å². The first-order valence-corrected chi connectivity index (χ1v) is 9.09. The number of piperidine rings is 2. The van der Waals surface area contributed by atoms with Gasteiger partial charge < -0.3 is 16.4 Å². The first-order valence-electron chi connectivity index (χ1n) is 8.71. The zero-order valence-electron chi connectivity index (χ0n) is 14.0. The molecule has 3 rings (SSSR count). The summed E-state index contributed by atoms with van der Waals surface area (Å²) in [4.78, 5) is 11.9. The van der Waals surface area contributed by atoms with Crippen molar-refractivity contribution in [3.8, 4) is 0 Å². The fraction of sp³-hybridized carbons (Fsp3) is 0.611. The van der Waals surface area contributed by atoms with Gasteiger partial charge in [0.1, 0.15) is 5.82 Å². The summed E-state index contributed by atoms with van der Waals surface area (Å²) in [6, 6.07) is 4.67. The van der Waals surface area contributed by atoms with Gasteiger partial charge in [0, 0.05) is 24.6 Å². The van der Waals surface area contributed by atoms with Crippen molar-refractivity contribution in [2.75, 3.05) is 26.2 Å². The lowest BCUT2D eigenvalue weighted by Gasteiger charge is -2.21. The van der Waals surface area contributed by atoms with E-state index >= 15 is 0 Å². The number of ketones is 1. The van der Waals surface area contributed by atoms with Crippen molar-refractivity contribution in [1.82, 2.24) is 10.6 Å². The summed E-state index contributed by atoms with van der Waals surface area (Å²) in [6.07, 6.45) is 5.10. The van der Waals surface area contributed by atoms with Gasteiger partial charge in [-0.2, -0.15) is 0 Å². The topological polar surface area (TPSA) is 67.1 Å². The summed E-state index contributed by atoms with van der Waals surface area (Å²) >= 11 is 5.58. The molecule has 0 aromatic heterocycles. The molecular formula is C18H27ClFN3O. The average molecular weight is 356 g/mol. The zero-order valence-corrected chi connectivity index (χ0v) is 14.7. The molecule has 4 nitrogen and oxygen atoms in total. The molecule has 6 heteroatoms. The normalized spacial score (nSPS) is 24.0. The minimum Gasteiger partial charge on any atom is -0.327 e. The van der Waals surface area contributed by atoms with Gasteiger partial charge in [0.15, 0.2) is 5.78 Å². The minimum absolute atomic E-state index is 0.00531. The predicted molar refractivity (Wildman–Crippen MR) is 96.0 cm³/mol. The van der Waals surface area contributed by atoms with E-state index in [1.54, 1.807) is 6.07 Å². The number of carbonyl (C=O) groups is 1. The molecule has 2 saturated heterocycles. The van der Waals surface area contributed by atoms with Crippen molar-refractivity contribution >= 4 is 17.4 Å². The maximum absolute atomic E-state index is 13.2. The van der Waals surface area contributed by atoms with Crippen LogP contribution >= 0.6 is 11.6 Å². The zero-order chi connectivity index (χ0) is 17.4. The second-order valence-electron chi connectivity index (χ2n) is 6.57. The summed E-state index contributed by atoms with van der Waals surface area (Å²) in [5.74, 6) is -0.163. The maximum Gasteiger partial charge on any atom is 0.163 e. The van der Waals surface area contributed by atoms with Crippen molar-refractivity contribution in [3.05, 3.63) is 34.6 Å². The van der Waals surface area contributed by atoms with Crippen molar-refractivity contribution in [2.24, 2.45) is 11.7 Å². The van der Waals surface area contributed by atoms with E-state index in [2.05, 4.69) is 10.6 Å². The lowest BCUT2D eigenvalue weighted by atomic mass is 9.92. The third kappa shape index (κ3) is 6.48. The number of halogens is 2. The average Bonchev–Trinajstić information content (AvgIpc) is 2.59. The van der Waals surface area contributed by atoms with Crippen LogP contribution in [0.3, 0.4) is 0 Å². The standard InChI is InChI=1S/C13H15ClFNO.C5H12N2/c14-11-4-3-10(7-12(11)15)13(17)6-9-2-1-5-16-8-9;6-5-2-1-3-7-4-5/h3-4,7,9,16H,1-2,5-6,8H2;5,7H,1-4,6H2. The van der Waals surface area contributed by atoms with E-state index < -0.39 is 5.82 Å². The molecule has 0 amide bonds. The highest BCUT2D eigenvalue weighted by atomic mass is 35.5. The molecule has 0 radical (unpaired) electrons. The largest absolute Gasteiger partial charge is 0.327 e. The van der Waals surface area contributed by atoms with Gasteiger partial charge in [-0.05, 0) is 69.4 Å². The van der Waals surface area contributed by atoms with Crippen LogP contribution in [0.4, 0.5) is 4.39 Å². The van der Waals surface area contributed by atoms with Gasteiger partial charge in [-0.3, -0.25) is 4.79 Å². The highest BCUT2D eigenvalue weighted by Crippen LogP contribution is 2.20. The Morgan fingerprint density at radius 3 is 2.42 bits per heavy atom. The van der Waals surface area contributed by atoms with Crippen molar-refractivity contribution in [3.63, 3.8) is 0 Å². The number of nitrogens with one attached hydrogen (secondary N) is 2. The third-order valence-corrected chi connectivity index (χ3v) is 4.76. The van der Waals surface area contributed by atoms with Crippen LogP contribution in [-0.4, -0.2) is 38.0 Å². The van der Waals surface area contributed by atoms with E-state index in [9.17, 15) is 9.18 Å². The summed E-state index contributed by atoms with van der Waals surface area (Å²) in [6.45, 7) is 4.08. The van der Waals surface area contributed by atoms with Crippen LogP contribution in [0.1, 0.15) is 42.5 Å². The molecule has 1 aromatic rings. The Morgan fingerprint density at radius 2 is 1.92 bits per heavy atom. The molecule has 2 aliphatic rings. The molecule has 2 heterocycles. The maximum atomic E-state index is 13.2. The number of benzene rings is 1. The molecule has 2 fully saturated rings. The van der Waals surface area contributed by atoms with Crippen molar-refractivity contribution in [2.45, 2.75) is 38.1 Å². The number of hydrogen-bond donors (Lipinski definition) is 3. The van der Waals surface area contributed by atoms with Crippen molar-refractivity contribution < 1.29 is 9.18 Å². The van der Waals surface area contributed by atoms with Crippen LogP contribution in [0.2, 0.25) is 5.02 Å². The first-order chi connectivity index (χ1) is 11.6. The number of rotatable bonds is 3. The molecule has 24 heavy (non-hydrogen) atoms. The van der Waals surface area contributed by atoms with Crippen LogP contribution in [0.15, 0.2) is 18.2 Å². The molecule has 2 atom stereocenters. The molecule has 134 valence electrons. The van der Waals surface area contributed by atoms with E-state index in [-0.39, 0.29) is 10.8 Å². The second-order valence-corrected chi connectivity index (χ2v) is 6.98. The summed E-state index contributed by atoms with van der Waals surface area (Å²) in [5.41, 5.74) is 5.99. The van der Waals surface area contributed by atoms with E-state index in [1.165, 1.54) is 25.0 Å². The summed E-state index contributed by atoms with van der Waals surface area (Å²) < 4.78 is 13.2. The van der Waals surface area contributed by atoms with E-state index in [0.717, 1.165) is 39.0 Å². The highest BCUT2D eigenvalue weighted by Gasteiger charge is 2.18. The van der Waals surface area contributed by atoms with Crippen molar-refractivity contribution in [1.29, 1.82) is 0 Å². The van der Waals surface area contributed by atoms with Gasteiger partial charge in [-0.25, -0.2) is 4.39 Å². The Hall–Kier alpha value is -1.01. The van der Waals surface area contributed by atoms with E-state index in [4.69, 9.17) is 17.3 Å². The fourth-order valence-corrected chi connectivity index (χ4v) is 3.14. The lowest BCUT2D eigenvalue weighted by Crippen LogP contribution is -2.39. The van der Waals surface area contributed by atoms with Gasteiger partial charge in [-0.15, -0.1) is 0 Å². The molecule has 0 spiro atoms. The molecule has 0 saturated carbocycles. The number of carbonyl (C=O) groups excluding carboxylic acids is 1. The fourth-order valence-electron chi connectivity index (χ4n) is 3.03. The van der Waals surface area contributed by atoms with Crippen LogP contribution in [0.5, 0.6) is 0 Å². The molecular weight excluding hydrogens is 329 g/mol. The smallest absolute Gasteiger partial charge is 0.163 e. The van der Waals surface area contributed by atoms with Gasteiger partial charge in [0.2, 0.25) is 0 Å². The van der Waals surface area contributed by atoms with E-state index in [1.807, 2.05) is 0 Å². The van der Waals surface area contributed by atoms with Gasteiger partial charge in [0.25, 0.3) is 0 Å². The lowest BCUT2D eigenvalue weighted by molar-refractivity contribution is 0.0953. The minimum atomic E-state index is -0.528. The van der Waals surface area contributed by atoms with E-state index in [0.29, 0.717) is 23.9 Å². The Kier molecular flexibility index (Phi) is 8.12. The Balaban J connectivity index is 0.000000249. The molecule has 0 bridgehead atoms. The number of Topliss-reactive ketones (excluding diaryl/α,β-unsaturated/α-hetero) is 1. The third-order valence-electron chi connectivity index (χ3n) is 4.45. The predicted octanol–water partition coefficient (Wildman–Crippen LogP) is 2.75. The highest BCUT2D eigenvalue weighted by molar-refractivity contribution is 6.30. The Labute approximate surface area is 148 Å². The number of hydrogen-bond acceptors (Lipinski definition) is 4. The first kappa shape index (κ1) is 19.3.